The number of nitrogens with zero attached hydrogens (tertiary/aromatic N) is 1. The van der Waals surface area contributed by atoms with E-state index in [-0.39, 0.29) is 0 Å². The molecule has 0 N–H and O–H groups in total. The first-order valence-corrected chi connectivity index (χ1v) is 11.4. The van der Waals surface area contributed by atoms with Gasteiger partial charge < -0.3 is 4.15 Å². The lowest BCUT2D eigenvalue weighted by Gasteiger charge is -2.53. The zero-order chi connectivity index (χ0) is 15.1. The second kappa shape index (κ2) is 5.11. The Labute approximate surface area is 129 Å². The van der Waals surface area contributed by atoms with E-state index >= 15 is 0 Å². The second-order valence-corrected chi connectivity index (χ2v) is 12.8. The normalized spacial score (nSPS) is 25.4. The molecule has 0 spiro atoms. The summed E-state index contributed by atoms with van der Waals surface area (Å²) in [6, 6.07) is 20.6. The van der Waals surface area contributed by atoms with E-state index in [0.29, 0.717) is 6.04 Å². The van der Waals surface area contributed by atoms with Crippen LogP contribution in [-0.4, -0.2) is 26.0 Å². The van der Waals surface area contributed by atoms with Crippen LogP contribution in [0.25, 0.3) is 0 Å². The zero-order valence-corrected chi connectivity index (χ0v) is 14.6. The lowest BCUT2D eigenvalue weighted by Crippen LogP contribution is -2.65. The third-order valence-corrected chi connectivity index (χ3v) is 8.96. The molecule has 0 aromatic heterocycles. The minimum Gasteiger partial charge on any atom is -0.376 e. The van der Waals surface area contributed by atoms with Gasteiger partial charge in [-0.05, 0) is 25.2 Å². The zero-order valence-electron chi connectivity index (χ0n) is 13.6. The summed E-state index contributed by atoms with van der Waals surface area (Å²) >= 11 is 0. The molecule has 0 amide bonds. The molecule has 2 aromatic rings. The van der Waals surface area contributed by atoms with Crippen LogP contribution < -0.4 is 0 Å². The van der Waals surface area contributed by atoms with Gasteiger partial charge in [-0.3, -0.25) is 0 Å². The van der Waals surface area contributed by atoms with Crippen LogP contribution in [0.3, 0.4) is 0 Å². The molecular weight excluding hydrogens is 270 g/mol. The van der Waals surface area contributed by atoms with E-state index in [9.17, 15) is 0 Å². The van der Waals surface area contributed by atoms with Gasteiger partial charge in [-0.15, -0.1) is 0 Å². The highest BCUT2D eigenvalue weighted by molar-refractivity contribution is 6.69. The van der Waals surface area contributed by atoms with Crippen LogP contribution in [0, 0.1) is 0 Å². The van der Waals surface area contributed by atoms with Crippen molar-refractivity contribution in [1.82, 2.24) is 0 Å². The largest absolute Gasteiger partial charge is 0.376 e. The molecule has 0 saturated heterocycles. The van der Waals surface area contributed by atoms with Crippen LogP contribution in [-0.2, 0) is 6.42 Å². The van der Waals surface area contributed by atoms with Gasteiger partial charge in [-0.25, -0.2) is 0 Å². The van der Waals surface area contributed by atoms with Gasteiger partial charge in [0.05, 0.1) is 13.6 Å². The van der Waals surface area contributed by atoms with E-state index in [0.717, 1.165) is 0 Å². The van der Waals surface area contributed by atoms with Crippen molar-refractivity contribution >= 4 is 8.24 Å². The van der Waals surface area contributed by atoms with E-state index in [1.807, 2.05) is 0 Å². The number of fused-ring (bicyclic) bond motifs is 1. The Hall–Kier alpha value is -1.38. The maximum Gasteiger partial charge on any atom is 0.276 e. The third kappa shape index (κ3) is 2.37. The van der Waals surface area contributed by atoms with Crippen LogP contribution in [0.15, 0.2) is 54.6 Å². The molecule has 1 nitrogen and oxygen atoms in total. The van der Waals surface area contributed by atoms with Gasteiger partial charge in [0.25, 0.3) is 8.24 Å². The highest BCUT2D eigenvalue weighted by Gasteiger charge is 2.48. The highest BCUT2D eigenvalue weighted by atomic mass is 28.3. The molecule has 0 aliphatic carbocycles. The van der Waals surface area contributed by atoms with Crippen molar-refractivity contribution < 1.29 is 4.15 Å². The first-order chi connectivity index (χ1) is 9.93. The fourth-order valence-corrected chi connectivity index (χ4v) is 5.53. The Balaban J connectivity index is 2.21. The van der Waals surface area contributed by atoms with Crippen molar-refractivity contribution in [2.24, 2.45) is 0 Å². The summed E-state index contributed by atoms with van der Waals surface area (Å²) in [6.07, 6.45) is 1.21. The minimum atomic E-state index is -1.36. The summed E-state index contributed by atoms with van der Waals surface area (Å²) in [5.41, 5.74) is 4.55. The minimum absolute atomic E-state index is 0.489. The first-order valence-electron chi connectivity index (χ1n) is 7.91. The van der Waals surface area contributed by atoms with Crippen LogP contribution in [0.2, 0.25) is 19.6 Å². The smallest absolute Gasteiger partial charge is 0.276 e. The second-order valence-electron chi connectivity index (χ2n) is 7.42. The Morgan fingerprint density at radius 1 is 0.905 bits per heavy atom. The van der Waals surface area contributed by atoms with Crippen molar-refractivity contribution in [1.29, 1.82) is 0 Å². The van der Waals surface area contributed by atoms with Crippen molar-refractivity contribution in [2.75, 3.05) is 13.6 Å². The van der Waals surface area contributed by atoms with Gasteiger partial charge in [0.2, 0.25) is 0 Å². The van der Waals surface area contributed by atoms with Crippen LogP contribution >= 0.6 is 0 Å². The van der Waals surface area contributed by atoms with Crippen LogP contribution in [0.1, 0.15) is 22.7 Å². The van der Waals surface area contributed by atoms with Crippen molar-refractivity contribution in [2.45, 2.75) is 32.1 Å². The van der Waals surface area contributed by atoms with Gasteiger partial charge in [-0.2, -0.15) is 0 Å². The number of hydrogen-bond donors (Lipinski definition) is 0. The fourth-order valence-electron chi connectivity index (χ4n) is 3.68. The molecule has 1 aliphatic rings. The standard InChI is InChI=1S/C19H26NSi/c1-20(21(2,3)4)15-14-16-10-8-9-13-18(16)19(20)17-11-6-5-7-12-17/h5-13,19H,14-15H2,1-4H3/q+1/t19-,20-/m0/s1. The topological polar surface area (TPSA) is 0 Å². The fraction of sp³-hybridized carbons (Fsp3) is 0.368. The molecule has 1 heterocycles. The molecule has 2 aromatic carbocycles. The van der Waals surface area contributed by atoms with Gasteiger partial charge in [0, 0.05) is 17.5 Å². The maximum atomic E-state index is 2.51. The number of quaternary nitrogens is 1. The number of hydrogen-bond acceptors (Lipinski definition) is 0. The lowest BCUT2D eigenvalue weighted by molar-refractivity contribution is -0.842. The summed E-state index contributed by atoms with van der Waals surface area (Å²) in [4.78, 5) is 0. The molecule has 110 valence electrons. The molecule has 0 fully saturated rings. The van der Waals surface area contributed by atoms with Gasteiger partial charge in [-0.1, -0.05) is 54.6 Å². The van der Waals surface area contributed by atoms with E-state index in [1.165, 1.54) is 22.7 Å². The quantitative estimate of drug-likeness (QED) is 0.710. The van der Waals surface area contributed by atoms with E-state index in [4.69, 9.17) is 0 Å². The average Bonchev–Trinajstić information content (AvgIpc) is 2.47. The summed E-state index contributed by atoms with van der Waals surface area (Å²) in [7, 11) is 1.13. The summed E-state index contributed by atoms with van der Waals surface area (Å²) in [5.74, 6) is 0. The molecule has 2 heteroatoms. The van der Waals surface area contributed by atoms with Gasteiger partial charge >= 0.3 is 0 Å². The van der Waals surface area contributed by atoms with E-state index in [1.54, 1.807) is 11.1 Å². The highest BCUT2D eigenvalue weighted by Crippen LogP contribution is 2.43. The van der Waals surface area contributed by atoms with E-state index < -0.39 is 8.24 Å². The SMILES string of the molecule is C[N@+]1([Si](C)(C)C)CCc2ccccc2[C@@H]1c1ccccc1. The summed E-state index contributed by atoms with van der Waals surface area (Å²) in [6.45, 7) is 8.79. The predicted octanol–water partition coefficient (Wildman–Crippen LogP) is 4.61. The Morgan fingerprint density at radius 2 is 1.52 bits per heavy atom. The van der Waals surface area contributed by atoms with Crippen LogP contribution in [0.5, 0.6) is 0 Å². The van der Waals surface area contributed by atoms with Gasteiger partial charge in [0.1, 0.15) is 6.04 Å². The van der Waals surface area contributed by atoms with Crippen molar-refractivity contribution in [3.05, 3.63) is 71.3 Å². The molecular formula is C19H26NSi+. The Morgan fingerprint density at radius 3 is 2.19 bits per heavy atom. The lowest BCUT2D eigenvalue weighted by atomic mass is 9.88. The predicted molar refractivity (Wildman–Crippen MR) is 92.8 cm³/mol. The third-order valence-electron chi connectivity index (χ3n) is 5.41. The monoisotopic (exact) mass is 296 g/mol. The number of benzene rings is 2. The molecule has 21 heavy (non-hydrogen) atoms. The van der Waals surface area contributed by atoms with Crippen molar-refractivity contribution in [3.8, 4) is 0 Å². The van der Waals surface area contributed by atoms with Crippen LogP contribution in [0.4, 0.5) is 0 Å². The van der Waals surface area contributed by atoms with Gasteiger partial charge in [0.15, 0.2) is 0 Å². The molecule has 0 radical (unpaired) electrons. The number of rotatable bonds is 2. The first kappa shape index (κ1) is 14.5. The molecule has 1 aliphatic heterocycles. The molecule has 0 unspecified atom stereocenters. The maximum absolute atomic E-state index is 2.51. The number of likely N-dealkylation sites (N-methyl/N-ethyl adjacent to an activating group) is 1. The molecule has 3 rings (SSSR count). The molecule has 2 atom stereocenters. The summed E-state index contributed by atoms with van der Waals surface area (Å²) < 4.78 is 1.20. The molecule has 0 bridgehead atoms. The van der Waals surface area contributed by atoms with E-state index in [2.05, 4.69) is 81.3 Å². The molecule has 0 saturated carbocycles. The Kier molecular flexibility index (Phi) is 3.54. The summed E-state index contributed by atoms with van der Waals surface area (Å²) in [5, 5.41) is 0. The average molecular weight is 297 g/mol. The van der Waals surface area contributed by atoms with Crippen molar-refractivity contribution in [3.63, 3.8) is 0 Å². The Bertz CT molecular complexity index is 630.